The number of fused-ring (bicyclic) bond motifs is 1. The van der Waals surface area contributed by atoms with Crippen LogP contribution in [0.2, 0.25) is 0 Å². The lowest BCUT2D eigenvalue weighted by Gasteiger charge is -2.20. The van der Waals surface area contributed by atoms with Gasteiger partial charge >= 0.3 is 0 Å². The van der Waals surface area contributed by atoms with Gasteiger partial charge in [-0.15, -0.1) is 0 Å². The van der Waals surface area contributed by atoms with Crippen molar-refractivity contribution >= 4 is 5.78 Å². The van der Waals surface area contributed by atoms with Crippen molar-refractivity contribution in [1.29, 1.82) is 0 Å². The van der Waals surface area contributed by atoms with E-state index >= 15 is 0 Å². The van der Waals surface area contributed by atoms with E-state index in [9.17, 15) is 4.79 Å². The first kappa shape index (κ1) is 9.50. The van der Waals surface area contributed by atoms with E-state index < -0.39 is 0 Å². The minimum Gasteiger partial charge on any atom is -0.348 e. The zero-order chi connectivity index (χ0) is 10.3. The number of Topliss-reactive ketones (excluding diaryl/α,β-unsaturated/α-hetero) is 1. The number of aryl methyl sites for hydroxylation is 1. The van der Waals surface area contributed by atoms with Gasteiger partial charge in [0.1, 0.15) is 0 Å². The Kier molecular flexibility index (Phi) is 2.02. The predicted octanol–water partition coefficient (Wildman–Crippen LogP) is 2.76. The summed E-state index contributed by atoms with van der Waals surface area (Å²) in [6.45, 7) is 6.47. The average molecular weight is 191 g/mol. The highest BCUT2D eigenvalue weighted by Crippen LogP contribution is 2.25. The van der Waals surface area contributed by atoms with E-state index in [0.717, 1.165) is 24.8 Å². The van der Waals surface area contributed by atoms with E-state index in [1.54, 1.807) is 0 Å². The highest BCUT2D eigenvalue weighted by molar-refractivity contribution is 5.98. The van der Waals surface area contributed by atoms with Crippen LogP contribution < -0.4 is 0 Å². The number of hydrogen-bond donors (Lipinski definition) is 0. The maximum absolute atomic E-state index is 11.6. The number of ketones is 1. The molecular weight excluding hydrogens is 174 g/mol. The van der Waals surface area contributed by atoms with Crippen LogP contribution in [0.5, 0.6) is 0 Å². The summed E-state index contributed by atoms with van der Waals surface area (Å²) in [4.78, 5) is 11.6. The second-order valence-corrected chi connectivity index (χ2v) is 5.05. The first-order chi connectivity index (χ1) is 6.48. The van der Waals surface area contributed by atoms with Gasteiger partial charge in [0.05, 0.1) is 0 Å². The molecule has 0 N–H and O–H groups in total. The van der Waals surface area contributed by atoms with Crippen molar-refractivity contribution in [3.8, 4) is 0 Å². The Labute approximate surface area is 84.9 Å². The van der Waals surface area contributed by atoms with E-state index in [4.69, 9.17) is 0 Å². The maximum Gasteiger partial charge on any atom is 0.164 e. The molecule has 1 aromatic rings. The third-order valence-electron chi connectivity index (χ3n) is 2.83. The molecule has 0 radical (unpaired) electrons. The molecule has 2 nitrogen and oxygen atoms in total. The second-order valence-electron chi connectivity index (χ2n) is 5.05. The minimum atomic E-state index is 0.0810. The lowest BCUT2D eigenvalue weighted by atomic mass is 9.95. The molecular formula is C12H17NO. The largest absolute Gasteiger partial charge is 0.348 e. The smallest absolute Gasteiger partial charge is 0.164 e. The van der Waals surface area contributed by atoms with Crippen LogP contribution >= 0.6 is 0 Å². The molecule has 1 aliphatic rings. The Morgan fingerprint density at radius 3 is 2.50 bits per heavy atom. The Balaban J connectivity index is 2.45. The summed E-state index contributed by atoms with van der Waals surface area (Å²) in [5, 5.41) is 0. The Bertz CT molecular complexity index is 368. The van der Waals surface area contributed by atoms with Gasteiger partial charge in [0, 0.05) is 29.9 Å². The molecule has 1 aliphatic carbocycles. The molecule has 0 bridgehead atoms. The molecule has 2 heteroatoms. The fourth-order valence-electron chi connectivity index (χ4n) is 1.91. The molecule has 0 unspecified atom stereocenters. The molecule has 0 aromatic carbocycles. The number of hydrogen-bond acceptors (Lipinski definition) is 1. The molecule has 0 atom stereocenters. The third kappa shape index (κ3) is 1.49. The van der Waals surface area contributed by atoms with E-state index in [1.807, 2.05) is 6.20 Å². The van der Waals surface area contributed by atoms with Gasteiger partial charge in [0.15, 0.2) is 5.78 Å². The fraction of sp³-hybridized carbons (Fsp3) is 0.583. The van der Waals surface area contributed by atoms with Gasteiger partial charge in [-0.2, -0.15) is 0 Å². The molecule has 14 heavy (non-hydrogen) atoms. The molecule has 1 aromatic heterocycles. The van der Waals surface area contributed by atoms with E-state index in [1.165, 1.54) is 5.56 Å². The highest BCUT2D eigenvalue weighted by atomic mass is 16.1. The summed E-state index contributed by atoms with van der Waals surface area (Å²) in [5.41, 5.74) is 2.26. The van der Waals surface area contributed by atoms with Crippen LogP contribution in [0.15, 0.2) is 12.4 Å². The zero-order valence-electron chi connectivity index (χ0n) is 9.13. The topological polar surface area (TPSA) is 22.0 Å². The fourth-order valence-corrected chi connectivity index (χ4v) is 1.91. The Morgan fingerprint density at radius 2 is 1.93 bits per heavy atom. The molecule has 0 fully saturated rings. The van der Waals surface area contributed by atoms with Crippen LogP contribution in [0, 0.1) is 0 Å². The van der Waals surface area contributed by atoms with E-state index in [-0.39, 0.29) is 5.54 Å². The van der Waals surface area contributed by atoms with E-state index in [0.29, 0.717) is 5.78 Å². The molecule has 0 saturated heterocycles. The van der Waals surface area contributed by atoms with Gasteiger partial charge in [-0.25, -0.2) is 0 Å². The summed E-state index contributed by atoms with van der Waals surface area (Å²) in [5.74, 6) is 0.314. The summed E-state index contributed by atoms with van der Waals surface area (Å²) < 4.78 is 2.15. The summed E-state index contributed by atoms with van der Waals surface area (Å²) in [6, 6.07) is 0. The summed E-state index contributed by atoms with van der Waals surface area (Å²) >= 11 is 0. The number of aromatic nitrogens is 1. The number of carbonyl (C=O) groups is 1. The molecule has 76 valence electrons. The van der Waals surface area contributed by atoms with E-state index in [2.05, 4.69) is 31.5 Å². The highest BCUT2D eigenvalue weighted by Gasteiger charge is 2.22. The molecule has 1 heterocycles. The molecule has 0 spiro atoms. The Morgan fingerprint density at radius 1 is 1.21 bits per heavy atom. The summed E-state index contributed by atoms with van der Waals surface area (Å²) in [6.07, 6.45) is 6.94. The first-order valence-corrected chi connectivity index (χ1v) is 5.23. The maximum atomic E-state index is 11.6. The van der Waals surface area contributed by atoms with Gasteiger partial charge in [-0.05, 0) is 39.2 Å². The summed E-state index contributed by atoms with van der Waals surface area (Å²) in [7, 11) is 0. The zero-order valence-corrected chi connectivity index (χ0v) is 9.13. The van der Waals surface area contributed by atoms with Crippen molar-refractivity contribution in [1.82, 2.24) is 4.57 Å². The lowest BCUT2D eigenvalue weighted by Crippen LogP contribution is -2.19. The molecule has 0 saturated carbocycles. The van der Waals surface area contributed by atoms with Crippen LogP contribution in [0.1, 0.15) is 49.5 Å². The lowest BCUT2D eigenvalue weighted by molar-refractivity contribution is 0.0973. The van der Waals surface area contributed by atoms with Gasteiger partial charge in [-0.1, -0.05) is 0 Å². The quantitative estimate of drug-likeness (QED) is 0.618. The number of carbonyl (C=O) groups excluding carboxylic acids is 1. The van der Waals surface area contributed by atoms with Crippen LogP contribution in [-0.2, 0) is 12.0 Å². The molecule has 0 amide bonds. The molecule has 2 rings (SSSR count). The van der Waals surface area contributed by atoms with Crippen molar-refractivity contribution in [3.05, 3.63) is 23.5 Å². The van der Waals surface area contributed by atoms with Crippen LogP contribution in [-0.4, -0.2) is 10.4 Å². The van der Waals surface area contributed by atoms with Crippen molar-refractivity contribution in [3.63, 3.8) is 0 Å². The van der Waals surface area contributed by atoms with Crippen LogP contribution in [0.4, 0.5) is 0 Å². The van der Waals surface area contributed by atoms with Gasteiger partial charge < -0.3 is 4.57 Å². The first-order valence-electron chi connectivity index (χ1n) is 5.23. The van der Waals surface area contributed by atoms with Gasteiger partial charge in [-0.3, -0.25) is 4.79 Å². The molecule has 0 aliphatic heterocycles. The average Bonchev–Trinajstić information content (AvgIpc) is 2.48. The van der Waals surface area contributed by atoms with Gasteiger partial charge in [0.25, 0.3) is 0 Å². The Hall–Kier alpha value is -1.05. The monoisotopic (exact) mass is 191 g/mol. The third-order valence-corrected chi connectivity index (χ3v) is 2.83. The predicted molar refractivity (Wildman–Crippen MR) is 56.7 cm³/mol. The van der Waals surface area contributed by atoms with Crippen molar-refractivity contribution in [2.24, 2.45) is 0 Å². The number of rotatable bonds is 0. The standard InChI is InChI=1S/C12H17NO/c1-12(2,3)13-7-9-5-4-6-11(14)10(9)8-13/h7-8H,4-6H2,1-3H3. The second kappa shape index (κ2) is 2.97. The minimum absolute atomic E-state index is 0.0810. The van der Waals surface area contributed by atoms with Crippen molar-refractivity contribution in [2.45, 2.75) is 45.6 Å². The number of nitrogens with zero attached hydrogens (tertiary/aromatic N) is 1. The van der Waals surface area contributed by atoms with Crippen LogP contribution in [0.3, 0.4) is 0 Å². The normalized spacial score (nSPS) is 16.9. The van der Waals surface area contributed by atoms with Gasteiger partial charge in [0.2, 0.25) is 0 Å². The van der Waals surface area contributed by atoms with Crippen molar-refractivity contribution in [2.75, 3.05) is 0 Å². The van der Waals surface area contributed by atoms with Crippen molar-refractivity contribution < 1.29 is 4.79 Å². The SMILES string of the molecule is CC(C)(C)n1cc2c(c1)C(=O)CCC2. The van der Waals surface area contributed by atoms with Crippen LogP contribution in [0.25, 0.3) is 0 Å².